The van der Waals surface area contributed by atoms with Gasteiger partial charge in [-0.15, -0.1) is 0 Å². The molecule has 2 saturated carbocycles. The summed E-state index contributed by atoms with van der Waals surface area (Å²) in [5, 5.41) is 6.69. The van der Waals surface area contributed by atoms with E-state index in [9.17, 15) is 4.79 Å². The molecular weight excluding hydrogens is 276 g/mol. The van der Waals surface area contributed by atoms with E-state index in [0.29, 0.717) is 12.0 Å². The molecule has 0 aromatic heterocycles. The smallest absolute Gasteiger partial charge is 0.407 e. The standard InChI is InChI=1S/C18H34N2O2/c1-18(2,3)22-17(21)20-13-15-8-4-5-9-16(15)19-12-6-7-14-10-11-14/h14-16,19H,4-13H2,1-3H3,(H,20,21). The van der Waals surface area contributed by atoms with Gasteiger partial charge in [-0.2, -0.15) is 0 Å². The Kier molecular flexibility index (Phi) is 6.54. The van der Waals surface area contributed by atoms with Crippen molar-refractivity contribution in [3.05, 3.63) is 0 Å². The fraction of sp³-hybridized carbons (Fsp3) is 0.944. The summed E-state index contributed by atoms with van der Waals surface area (Å²) in [4.78, 5) is 11.8. The molecule has 4 heteroatoms. The van der Waals surface area contributed by atoms with Crippen molar-refractivity contribution in [2.75, 3.05) is 13.1 Å². The van der Waals surface area contributed by atoms with Crippen molar-refractivity contribution in [2.45, 2.75) is 83.8 Å². The number of amides is 1. The van der Waals surface area contributed by atoms with E-state index < -0.39 is 5.60 Å². The second-order valence-corrected chi connectivity index (χ2v) is 8.07. The maximum atomic E-state index is 11.8. The maximum absolute atomic E-state index is 11.8. The monoisotopic (exact) mass is 310 g/mol. The third-order valence-electron chi connectivity index (χ3n) is 4.71. The zero-order valence-corrected chi connectivity index (χ0v) is 14.6. The maximum Gasteiger partial charge on any atom is 0.407 e. The lowest BCUT2D eigenvalue weighted by molar-refractivity contribution is 0.0510. The largest absolute Gasteiger partial charge is 0.444 e. The number of ether oxygens (including phenoxy) is 1. The van der Waals surface area contributed by atoms with Crippen molar-refractivity contribution in [3.63, 3.8) is 0 Å². The van der Waals surface area contributed by atoms with Crippen LogP contribution >= 0.6 is 0 Å². The van der Waals surface area contributed by atoms with E-state index in [1.807, 2.05) is 20.8 Å². The van der Waals surface area contributed by atoms with Crippen LogP contribution < -0.4 is 10.6 Å². The van der Waals surface area contributed by atoms with Crippen LogP contribution in [0.25, 0.3) is 0 Å². The average molecular weight is 310 g/mol. The topological polar surface area (TPSA) is 50.4 Å². The molecule has 128 valence electrons. The van der Waals surface area contributed by atoms with E-state index in [4.69, 9.17) is 4.74 Å². The fourth-order valence-electron chi connectivity index (χ4n) is 3.33. The Balaban J connectivity index is 1.65. The quantitative estimate of drug-likeness (QED) is 0.702. The van der Waals surface area contributed by atoms with Crippen LogP contribution in [0, 0.1) is 11.8 Å². The summed E-state index contributed by atoms with van der Waals surface area (Å²) in [6.45, 7) is 7.56. The van der Waals surface area contributed by atoms with Crippen molar-refractivity contribution >= 4 is 6.09 Å². The van der Waals surface area contributed by atoms with Crippen LogP contribution in [-0.4, -0.2) is 30.8 Å². The van der Waals surface area contributed by atoms with Gasteiger partial charge in [0, 0.05) is 12.6 Å². The zero-order valence-electron chi connectivity index (χ0n) is 14.6. The number of rotatable bonds is 7. The summed E-state index contributed by atoms with van der Waals surface area (Å²) in [6.07, 6.45) is 10.3. The normalized spacial score (nSPS) is 25.8. The first kappa shape index (κ1) is 17.6. The minimum Gasteiger partial charge on any atom is -0.444 e. The summed E-state index contributed by atoms with van der Waals surface area (Å²) in [5.41, 5.74) is -0.420. The van der Waals surface area contributed by atoms with Crippen LogP contribution in [0.15, 0.2) is 0 Å². The van der Waals surface area contributed by atoms with E-state index in [2.05, 4.69) is 10.6 Å². The van der Waals surface area contributed by atoms with E-state index in [0.717, 1.165) is 19.0 Å². The lowest BCUT2D eigenvalue weighted by Crippen LogP contribution is -2.45. The zero-order chi connectivity index (χ0) is 16.0. The van der Waals surface area contributed by atoms with Crippen LogP contribution in [0.4, 0.5) is 4.79 Å². The van der Waals surface area contributed by atoms with E-state index in [1.54, 1.807) is 0 Å². The molecule has 22 heavy (non-hydrogen) atoms. The molecule has 4 nitrogen and oxygen atoms in total. The molecule has 2 unspecified atom stereocenters. The first-order valence-electron chi connectivity index (χ1n) is 9.14. The van der Waals surface area contributed by atoms with Crippen LogP contribution in [0.2, 0.25) is 0 Å². The van der Waals surface area contributed by atoms with E-state index in [-0.39, 0.29) is 6.09 Å². The molecule has 0 heterocycles. The predicted molar refractivity (Wildman–Crippen MR) is 89.9 cm³/mol. The minimum atomic E-state index is -0.420. The highest BCUT2D eigenvalue weighted by molar-refractivity contribution is 5.67. The Morgan fingerprint density at radius 3 is 2.55 bits per heavy atom. The molecule has 2 aliphatic carbocycles. The Hall–Kier alpha value is -0.770. The Morgan fingerprint density at radius 2 is 1.86 bits per heavy atom. The van der Waals surface area contributed by atoms with Gasteiger partial charge >= 0.3 is 6.09 Å². The van der Waals surface area contributed by atoms with Gasteiger partial charge in [-0.05, 0) is 64.8 Å². The van der Waals surface area contributed by atoms with Gasteiger partial charge in [-0.25, -0.2) is 4.79 Å². The van der Waals surface area contributed by atoms with E-state index in [1.165, 1.54) is 51.4 Å². The molecule has 0 spiro atoms. The van der Waals surface area contributed by atoms with Gasteiger partial charge in [0.05, 0.1) is 0 Å². The van der Waals surface area contributed by atoms with E-state index >= 15 is 0 Å². The first-order chi connectivity index (χ1) is 10.4. The number of alkyl carbamates (subject to hydrolysis) is 1. The van der Waals surface area contributed by atoms with Gasteiger partial charge in [-0.1, -0.05) is 25.7 Å². The summed E-state index contributed by atoms with van der Waals surface area (Å²) in [5.74, 6) is 1.57. The highest BCUT2D eigenvalue weighted by atomic mass is 16.6. The Bertz CT molecular complexity index is 347. The molecule has 0 aromatic carbocycles. The molecule has 0 aromatic rings. The van der Waals surface area contributed by atoms with Crippen molar-refractivity contribution in [1.82, 2.24) is 10.6 Å². The number of carbonyl (C=O) groups is 1. The number of hydrogen-bond donors (Lipinski definition) is 2. The Morgan fingerprint density at radius 1 is 1.14 bits per heavy atom. The van der Waals surface area contributed by atoms with Gasteiger partial charge in [0.15, 0.2) is 0 Å². The summed E-state index contributed by atoms with van der Waals surface area (Å²) >= 11 is 0. The highest BCUT2D eigenvalue weighted by Crippen LogP contribution is 2.33. The van der Waals surface area contributed by atoms with Gasteiger partial charge in [-0.3, -0.25) is 0 Å². The number of carbonyl (C=O) groups excluding carboxylic acids is 1. The molecule has 0 aliphatic heterocycles. The third kappa shape index (κ3) is 6.99. The molecule has 2 rings (SSSR count). The lowest BCUT2D eigenvalue weighted by atomic mass is 9.84. The molecule has 1 amide bonds. The number of hydrogen-bond acceptors (Lipinski definition) is 3. The first-order valence-corrected chi connectivity index (χ1v) is 9.14. The van der Waals surface area contributed by atoms with Crippen molar-refractivity contribution < 1.29 is 9.53 Å². The number of nitrogens with one attached hydrogen (secondary N) is 2. The predicted octanol–water partition coefficient (Wildman–Crippen LogP) is 3.85. The highest BCUT2D eigenvalue weighted by Gasteiger charge is 2.26. The van der Waals surface area contributed by atoms with Crippen molar-refractivity contribution in [2.24, 2.45) is 11.8 Å². The summed E-state index contributed by atoms with van der Waals surface area (Å²) in [6, 6.07) is 0.558. The molecule has 0 saturated heterocycles. The molecule has 0 bridgehead atoms. The van der Waals surface area contributed by atoms with Gasteiger partial charge in [0.1, 0.15) is 5.60 Å². The molecular formula is C18H34N2O2. The molecule has 2 fully saturated rings. The molecule has 2 atom stereocenters. The fourth-order valence-corrected chi connectivity index (χ4v) is 3.33. The second kappa shape index (κ2) is 8.19. The van der Waals surface area contributed by atoms with Crippen molar-refractivity contribution in [3.8, 4) is 0 Å². The second-order valence-electron chi connectivity index (χ2n) is 8.07. The van der Waals surface area contributed by atoms with Gasteiger partial charge in [0.25, 0.3) is 0 Å². The molecule has 2 aliphatic rings. The van der Waals surface area contributed by atoms with Gasteiger partial charge in [0.2, 0.25) is 0 Å². The molecule has 0 radical (unpaired) electrons. The SMILES string of the molecule is CC(C)(C)OC(=O)NCC1CCCCC1NCCCC1CC1. The lowest BCUT2D eigenvalue weighted by Gasteiger charge is -2.33. The summed E-state index contributed by atoms with van der Waals surface area (Å²) < 4.78 is 5.33. The third-order valence-corrected chi connectivity index (χ3v) is 4.71. The van der Waals surface area contributed by atoms with Crippen LogP contribution in [-0.2, 0) is 4.74 Å². The minimum absolute atomic E-state index is 0.287. The Labute approximate surface area is 135 Å². The van der Waals surface area contributed by atoms with Crippen LogP contribution in [0.3, 0.4) is 0 Å². The van der Waals surface area contributed by atoms with Crippen LogP contribution in [0.1, 0.15) is 72.1 Å². The molecule has 2 N–H and O–H groups in total. The van der Waals surface area contributed by atoms with Gasteiger partial charge < -0.3 is 15.4 Å². The summed E-state index contributed by atoms with van der Waals surface area (Å²) in [7, 11) is 0. The van der Waals surface area contributed by atoms with Crippen molar-refractivity contribution in [1.29, 1.82) is 0 Å². The van der Waals surface area contributed by atoms with Crippen LogP contribution in [0.5, 0.6) is 0 Å². The average Bonchev–Trinajstić information content (AvgIpc) is 3.24.